The molecule has 0 saturated carbocycles. The molecule has 0 bridgehead atoms. The van der Waals surface area contributed by atoms with E-state index in [1.807, 2.05) is 12.1 Å². The fourth-order valence-corrected chi connectivity index (χ4v) is 2.52. The minimum atomic E-state index is -1.04. The van der Waals surface area contributed by atoms with Crippen molar-refractivity contribution in [2.45, 2.75) is 12.5 Å². The number of nitrogens with one attached hydrogen (secondary N) is 2. The van der Waals surface area contributed by atoms with Crippen molar-refractivity contribution in [3.8, 4) is 5.75 Å². The third kappa shape index (κ3) is 2.90. The van der Waals surface area contributed by atoms with E-state index in [9.17, 15) is 10.3 Å². The molecule has 4 N–H and O–H groups in total. The van der Waals surface area contributed by atoms with E-state index in [1.54, 1.807) is 12.1 Å². The zero-order valence-electron chi connectivity index (χ0n) is 11.5. The summed E-state index contributed by atoms with van der Waals surface area (Å²) in [6.45, 7) is 0. The van der Waals surface area contributed by atoms with Crippen molar-refractivity contribution < 1.29 is 15.5 Å². The molecule has 114 valence electrons. The Morgan fingerprint density at radius 1 is 1.23 bits per heavy atom. The Balaban J connectivity index is 1.83. The van der Waals surface area contributed by atoms with Crippen molar-refractivity contribution in [2.75, 3.05) is 0 Å². The highest BCUT2D eigenvalue weighted by molar-refractivity contribution is 6.30. The second kappa shape index (κ2) is 5.94. The standard InChI is InChI=1S/C15H14ClN3O3/c16-10-3-1-9(2-4-10)13-8-14(18-17-13)12-7-11(19(21)22)5-6-15(12)20/h1-7,13,17,19-21H,8H2/t13-/m0/s1. The third-order valence-electron chi connectivity index (χ3n) is 3.58. The van der Waals surface area contributed by atoms with Gasteiger partial charge in [0, 0.05) is 29.1 Å². The van der Waals surface area contributed by atoms with E-state index in [0.29, 0.717) is 22.7 Å². The molecule has 0 spiro atoms. The molecular formula is C15H14ClN3O3. The molecule has 0 fully saturated rings. The third-order valence-corrected chi connectivity index (χ3v) is 3.83. The van der Waals surface area contributed by atoms with Gasteiger partial charge in [-0.3, -0.25) is 0 Å². The van der Waals surface area contributed by atoms with Crippen LogP contribution in [0.25, 0.3) is 0 Å². The number of rotatable bonds is 3. The molecule has 6 nitrogen and oxygen atoms in total. The van der Waals surface area contributed by atoms with Crippen LogP contribution in [0.5, 0.6) is 5.75 Å². The Morgan fingerprint density at radius 2 is 1.95 bits per heavy atom. The normalized spacial score (nSPS) is 18.7. The van der Waals surface area contributed by atoms with E-state index in [-0.39, 0.29) is 17.5 Å². The molecular weight excluding hydrogens is 306 g/mol. The molecule has 2 aromatic rings. The molecule has 1 unspecified atom stereocenters. The average Bonchev–Trinajstić information content (AvgIpc) is 2.98. The highest BCUT2D eigenvalue weighted by Gasteiger charge is 2.23. The first-order valence-electron chi connectivity index (χ1n) is 6.69. The van der Waals surface area contributed by atoms with Crippen molar-refractivity contribution in [2.24, 2.45) is 5.10 Å². The van der Waals surface area contributed by atoms with E-state index in [2.05, 4.69) is 10.5 Å². The lowest BCUT2D eigenvalue weighted by molar-refractivity contribution is -0.991. The number of hydrogen-bond acceptors (Lipinski definition) is 5. The average molecular weight is 320 g/mol. The van der Waals surface area contributed by atoms with E-state index in [1.165, 1.54) is 18.2 Å². The molecule has 0 amide bonds. The molecule has 3 rings (SSSR count). The topological polar surface area (TPSA) is 92.4 Å². The van der Waals surface area contributed by atoms with Crippen molar-refractivity contribution in [1.29, 1.82) is 0 Å². The van der Waals surface area contributed by atoms with Crippen LogP contribution in [-0.4, -0.2) is 16.0 Å². The lowest BCUT2D eigenvalue weighted by Gasteiger charge is -2.13. The lowest BCUT2D eigenvalue weighted by atomic mass is 9.98. The number of halogens is 1. The molecule has 1 aliphatic rings. The van der Waals surface area contributed by atoms with Crippen LogP contribution < -0.4 is 10.7 Å². The number of phenols is 1. The number of hydrogen-bond donors (Lipinski definition) is 4. The molecule has 2 aromatic carbocycles. The van der Waals surface area contributed by atoms with Crippen LogP contribution in [0.3, 0.4) is 0 Å². The first-order valence-corrected chi connectivity index (χ1v) is 7.06. The van der Waals surface area contributed by atoms with Gasteiger partial charge in [0.05, 0.1) is 11.8 Å². The predicted octanol–water partition coefficient (Wildman–Crippen LogP) is 1.89. The van der Waals surface area contributed by atoms with Crippen LogP contribution in [0.2, 0.25) is 5.02 Å². The summed E-state index contributed by atoms with van der Waals surface area (Å²) >= 11 is 5.87. The molecule has 0 radical (unpaired) electrons. The van der Waals surface area contributed by atoms with Gasteiger partial charge in [0.2, 0.25) is 0 Å². The van der Waals surface area contributed by atoms with Gasteiger partial charge in [-0.2, -0.15) is 10.3 Å². The van der Waals surface area contributed by atoms with Gasteiger partial charge in [-0.05, 0) is 23.8 Å². The first kappa shape index (κ1) is 14.8. The molecule has 0 aromatic heterocycles. The summed E-state index contributed by atoms with van der Waals surface area (Å²) in [4.78, 5) is 0. The summed E-state index contributed by atoms with van der Waals surface area (Å²) in [5, 5.41) is 33.9. The Kier molecular flexibility index (Phi) is 4.00. The van der Waals surface area contributed by atoms with Gasteiger partial charge in [-0.1, -0.05) is 23.7 Å². The van der Waals surface area contributed by atoms with E-state index in [0.717, 1.165) is 5.56 Å². The van der Waals surface area contributed by atoms with Crippen LogP contribution in [0.1, 0.15) is 23.6 Å². The summed E-state index contributed by atoms with van der Waals surface area (Å²) in [7, 11) is 0. The van der Waals surface area contributed by atoms with E-state index in [4.69, 9.17) is 16.8 Å². The zero-order chi connectivity index (χ0) is 15.7. The SMILES string of the molecule is [O-][NH+](O)c1ccc(O)c(C2=NN[C@H](c3ccc(Cl)cc3)C2)c1. The number of benzene rings is 2. The van der Waals surface area contributed by atoms with Gasteiger partial charge in [-0.15, -0.1) is 0 Å². The predicted molar refractivity (Wildman–Crippen MR) is 82.4 cm³/mol. The minimum absolute atomic E-state index is 0.0160. The van der Waals surface area contributed by atoms with Crippen molar-refractivity contribution in [1.82, 2.24) is 5.43 Å². The van der Waals surface area contributed by atoms with Crippen molar-refractivity contribution >= 4 is 23.0 Å². The second-order valence-electron chi connectivity index (χ2n) is 5.03. The monoisotopic (exact) mass is 319 g/mol. The maximum absolute atomic E-state index is 11.0. The molecule has 1 aliphatic heterocycles. The molecule has 7 heteroatoms. The van der Waals surface area contributed by atoms with Crippen LogP contribution in [0.4, 0.5) is 5.69 Å². The summed E-state index contributed by atoms with van der Waals surface area (Å²) in [6.07, 6.45) is 0.554. The van der Waals surface area contributed by atoms with Crippen LogP contribution in [0, 0.1) is 5.21 Å². The Bertz CT molecular complexity index is 716. The highest BCUT2D eigenvalue weighted by Crippen LogP contribution is 2.29. The quantitative estimate of drug-likeness (QED) is 0.513. The van der Waals surface area contributed by atoms with E-state index < -0.39 is 5.23 Å². The minimum Gasteiger partial charge on any atom is -0.595 e. The maximum atomic E-state index is 11.0. The van der Waals surface area contributed by atoms with Gasteiger partial charge in [0.25, 0.3) is 0 Å². The lowest BCUT2D eigenvalue weighted by Crippen LogP contribution is -2.99. The number of phenolic OH excluding ortho intramolecular Hbond substituents is 1. The number of aromatic hydroxyl groups is 1. The summed E-state index contributed by atoms with van der Waals surface area (Å²) in [5.74, 6) is 0.0160. The largest absolute Gasteiger partial charge is 0.595 e. The Morgan fingerprint density at radius 3 is 2.64 bits per heavy atom. The van der Waals surface area contributed by atoms with Gasteiger partial charge < -0.3 is 15.7 Å². The molecule has 2 atom stereocenters. The summed E-state index contributed by atoms with van der Waals surface area (Å²) < 4.78 is 0. The van der Waals surface area contributed by atoms with E-state index >= 15 is 0 Å². The smallest absolute Gasteiger partial charge is 0.164 e. The highest BCUT2D eigenvalue weighted by atomic mass is 35.5. The fourth-order valence-electron chi connectivity index (χ4n) is 2.40. The van der Waals surface area contributed by atoms with Crippen LogP contribution in [0.15, 0.2) is 47.6 Å². The van der Waals surface area contributed by atoms with Crippen LogP contribution in [-0.2, 0) is 0 Å². The molecule has 0 saturated heterocycles. The number of quaternary nitrogens is 1. The summed E-state index contributed by atoms with van der Waals surface area (Å²) in [5.41, 5.74) is 5.20. The zero-order valence-corrected chi connectivity index (χ0v) is 12.2. The van der Waals surface area contributed by atoms with Gasteiger partial charge in [0.1, 0.15) is 5.75 Å². The number of hydrazone groups is 1. The van der Waals surface area contributed by atoms with Gasteiger partial charge in [-0.25, -0.2) is 5.21 Å². The van der Waals surface area contributed by atoms with Gasteiger partial charge in [0.15, 0.2) is 5.69 Å². The molecule has 22 heavy (non-hydrogen) atoms. The Hall–Kier alpha value is -2.12. The number of nitrogens with zero attached hydrogens (tertiary/aromatic N) is 1. The van der Waals surface area contributed by atoms with Crippen molar-refractivity contribution in [3.63, 3.8) is 0 Å². The second-order valence-corrected chi connectivity index (χ2v) is 5.47. The molecule has 0 aliphatic carbocycles. The first-order chi connectivity index (χ1) is 10.5. The Labute approximate surface area is 131 Å². The molecule has 1 heterocycles. The fraction of sp³-hybridized carbons (Fsp3) is 0.133. The summed E-state index contributed by atoms with van der Waals surface area (Å²) in [6, 6.07) is 11.6. The van der Waals surface area contributed by atoms with Crippen molar-refractivity contribution in [3.05, 3.63) is 63.8 Å². The van der Waals surface area contributed by atoms with Crippen LogP contribution >= 0.6 is 11.6 Å². The maximum Gasteiger partial charge on any atom is 0.164 e. The van der Waals surface area contributed by atoms with Gasteiger partial charge >= 0.3 is 0 Å².